The average molecular weight is 297 g/mol. The summed E-state index contributed by atoms with van der Waals surface area (Å²) >= 11 is 0. The van der Waals surface area contributed by atoms with Crippen LogP contribution in [0.2, 0.25) is 0 Å². The molecule has 21 heavy (non-hydrogen) atoms. The second-order valence-electron chi connectivity index (χ2n) is 5.60. The van der Waals surface area contributed by atoms with Crippen molar-refractivity contribution in [1.82, 2.24) is 14.9 Å². The molecule has 3 atom stereocenters. The number of nitrogens with zero attached hydrogens (tertiary/aromatic N) is 2. The molecule has 0 aromatic carbocycles. The lowest BCUT2D eigenvalue weighted by Gasteiger charge is -2.40. The summed E-state index contributed by atoms with van der Waals surface area (Å²) in [6.45, 7) is 6.18. The summed E-state index contributed by atoms with van der Waals surface area (Å²) in [5, 5.41) is 0. The molecule has 1 saturated heterocycles. The number of nitrogens with one attached hydrogen (secondary N) is 1. The maximum atomic E-state index is 5.66. The highest BCUT2D eigenvalue weighted by Gasteiger charge is 2.37. The SMILES string of the molecule is CCc1nc(CN(C)[C@@H]2COC[C@@H](OC)[C@H]2OC)c(C)[nH]1. The van der Waals surface area contributed by atoms with E-state index >= 15 is 0 Å². The van der Waals surface area contributed by atoms with Crippen LogP contribution in [-0.4, -0.2) is 67.6 Å². The third-order valence-electron chi connectivity index (χ3n) is 4.23. The molecular weight excluding hydrogens is 270 g/mol. The van der Waals surface area contributed by atoms with Gasteiger partial charge in [-0.2, -0.15) is 0 Å². The van der Waals surface area contributed by atoms with E-state index in [0.29, 0.717) is 13.2 Å². The van der Waals surface area contributed by atoms with Gasteiger partial charge in [0.25, 0.3) is 0 Å². The van der Waals surface area contributed by atoms with Crippen LogP contribution >= 0.6 is 0 Å². The Morgan fingerprint density at radius 3 is 2.67 bits per heavy atom. The number of rotatable bonds is 6. The molecule has 1 aliphatic rings. The number of aryl methyl sites for hydroxylation is 2. The van der Waals surface area contributed by atoms with Crippen LogP contribution in [0.4, 0.5) is 0 Å². The normalized spacial score (nSPS) is 26.5. The maximum absolute atomic E-state index is 5.66. The molecule has 2 rings (SSSR count). The summed E-state index contributed by atoms with van der Waals surface area (Å²) in [5.74, 6) is 1.04. The van der Waals surface area contributed by atoms with E-state index in [-0.39, 0.29) is 18.2 Å². The van der Waals surface area contributed by atoms with Gasteiger partial charge in [-0.1, -0.05) is 6.92 Å². The molecule has 0 bridgehead atoms. The van der Waals surface area contributed by atoms with Crippen molar-refractivity contribution in [1.29, 1.82) is 0 Å². The molecule has 1 aromatic rings. The van der Waals surface area contributed by atoms with Crippen LogP contribution in [0.3, 0.4) is 0 Å². The number of hydrogen-bond acceptors (Lipinski definition) is 5. The monoisotopic (exact) mass is 297 g/mol. The third kappa shape index (κ3) is 3.63. The lowest BCUT2D eigenvalue weighted by Crippen LogP contribution is -2.56. The fraction of sp³-hybridized carbons (Fsp3) is 0.800. The molecule has 0 saturated carbocycles. The molecule has 1 aromatic heterocycles. The van der Waals surface area contributed by atoms with Gasteiger partial charge in [0.05, 0.1) is 24.9 Å². The molecule has 0 spiro atoms. The van der Waals surface area contributed by atoms with Gasteiger partial charge in [0.2, 0.25) is 0 Å². The zero-order valence-electron chi connectivity index (χ0n) is 13.7. The first kappa shape index (κ1) is 16.4. The zero-order chi connectivity index (χ0) is 15.4. The van der Waals surface area contributed by atoms with E-state index in [4.69, 9.17) is 14.2 Å². The van der Waals surface area contributed by atoms with Gasteiger partial charge < -0.3 is 19.2 Å². The van der Waals surface area contributed by atoms with Crippen molar-refractivity contribution in [3.63, 3.8) is 0 Å². The Balaban J connectivity index is 2.07. The lowest BCUT2D eigenvalue weighted by atomic mass is 10.0. The van der Waals surface area contributed by atoms with E-state index in [1.54, 1.807) is 14.2 Å². The minimum absolute atomic E-state index is 0.0126. The Bertz CT molecular complexity index is 449. The first-order chi connectivity index (χ1) is 10.1. The molecule has 0 amide bonds. The van der Waals surface area contributed by atoms with E-state index in [2.05, 4.69) is 35.8 Å². The first-order valence-electron chi connectivity index (χ1n) is 7.48. The van der Waals surface area contributed by atoms with E-state index in [1.165, 1.54) is 0 Å². The molecule has 1 fully saturated rings. The van der Waals surface area contributed by atoms with E-state index in [0.717, 1.165) is 30.2 Å². The number of H-pyrrole nitrogens is 1. The Kier molecular flexibility index (Phi) is 5.75. The van der Waals surface area contributed by atoms with Crippen LogP contribution in [0.15, 0.2) is 0 Å². The van der Waals surface area contributed by atoms with Crippen molar-refractivity contribution < 1.29 is 14.2 Å². The standard InChI is InChI=1S/C15H27N3O3/c1-6-14-16-10(2)11(17-14)7-18(3)12-8-21-9-13(19-4)15(12)20-5/h12-13,15H,6-9H2,1-5H3,(H,16,17)/t12-,13-,15+/m1/s1. The Morgan fingerprint density at radius 1 is 1.33 bits per heavy atom. The van der Waals surface area contributed by atoms with Crippen molar-refractivity contribution in [3.8, 4) is 0 Å². The van der Waals surface area contributed by atoms with Gasteiger partial charge in [0, 0.05) is 32.9 Å². The second kappa shape index (κ2) is 7.35. The topological polar surface area (TPSA) is 59.6 Å². The van der Waals surface area contributed by atoms with Gasteiger partial charge in [-0.15, -0.1) is 0 Å². The fourth-order valence-electron chi connectivity index (χ4n) is 2.87. The summed E-state index contributed by atoms with van der Waals surface area (Å²) in [7, 11) is 5.52. The molecule has 6 heteroatoms. The quantitative estimate of drug-likeness (QED) is 0.853. The van der Waals surface area contributed by atoms with Crippen LogP contribution in [-0.2, 0) is 27.2 Å². The Hall–Kier alpha value is -0.950. The molecule has 1 N–H and O–H groups in total. The largest absolute Gasteiger partial charge is 0.377 e. The van der Waals surface area contributed by atoms with Crippen molar-refractivity contribution in [3.05, 3.63) is 17.2 Å². The first-order valence-corrected chi connectivity index (χ1v) is 7.48. The molecule has 6 nitrogen and oxygen atoms in total. The smallest absolute Gasteiger partial charge is 0.108 e. The summed E-state index contributed by atoms with van der Waals surface area (Å²) in [5.41, 5.74) is 2.22. The molecule has 2 heterocycles. The summed E-state index contributed by atoms with van der Waals surface area (Å²) in [6.07, 6.45) is 0.908. The number of methoxy groups -OCH3 is 2. The number of aromatic amines is 1. The number of ether oxygens (including phenoxy) is 3. The van der Waals surface area contributed by atoms with Gasteiger partial charge in [0.1, 0.15) is 18.0 Å². The lowest BCUT2D eigenvalue weighted by molar-refractivity contribution is -0.153. The van der Waals surface area contributed by atoms with Crippen molar-refractivity contribution in [2.75, 3.05) is 34.5 Å². The van der Waals surface area contributed by atoms with Crippen molar-refractivity contribution >= 4 is 0 Å². The third-order valence-corrected chi connectivity index (χ3v) is 4.23. The summed E-state index contributed by atoms with van der Waals surface area (Å²) in [6, 6.07) is 0.162. The van der Waals surface area contributed by atoms with Crippen molar-refractivity contribution in [2.45, 2.75) is 45.1 Å². The number of hydrogen-bond donors (Lipinski definition) is 1. The molecule has 0 aliphatic carbocycles. The fourth-order valence-corrected chi connectivity index (χ4v) is 2.87. The summed E-state index contributed by atoms with van der Waals surface area (Å²) < 4.78 is 16.8. The van der Waals surface area contributed by atoms with E-state index < -0.39 is 0 Å². The van der Waals surface area contributed by atoms with Gasteiger partial charge in [-0.05, 0) is 14.0 Å². The number of imidazole rings is 1. The number of likely N-dealkylation sites (N-methyl/N-ethyl adjacent to an activating group) is 1. The van der Waals surface area contributed by atoms with Crippen LogP contribution in [0, 0.1) is 6.92 Å². The molecular formula is C15H27N3O3. The highest BCUT2D eigenvalue weighted by atomic mass is 16.6. The maximum Gasteiger partial charge on any atom is 0.108 e. The average Bonchev–Trinajstić information content (AvgIpc) is 2.86. The van der Waals surface area contributed by atoms with Crippen LogP contribution in [0.1, 0.15) is 24.1 Å². The Labute approximate surface area is 126 Å². The highest BCUT2D eigenvalue weighted by molar-refractivity contribution is 5.13. The molecule has 0 radical (unpaired) electrons. The molecule has 0 unspecified atom stereocenters. The molecule has 1 aliphatic heterocycles. The highest BCUT2D eigenvalue weighted by Crippen LogP contribution is 2.20. The van der Waals surface area contributed by atoms with Gasteiger partial charge in [0.15, 0.2) is 0 Å². The minimum Gasteiger partial charge on any atom is -0.377 e. The predicted molar refractivity (Wildman–Crippen MR) is 80.4 cm³/mol. The van der Waals surface area contributed by atoms with Gasteiger partial charge in [-0.3, -0.25) is 4.90 Å². The van der Waals surface area contributed by atoms with Gasteiger partial charge >= 0.3 is 0 Å². The van der Waals surface area contributed by atoms with Crippen LogP contribution < -0.4 is 0 Å². The molecule has 120 valence electrons. The minimum atomic E-state index is -0.0253. The number of aromatic nitrogens is 2. The van der Waals surface area contributed by atoms with Crippen molar-refractivity contribution in [2.24, 2.45) is 0 Å². The Morgan fingerprint density at radius 2 is 2.10 bits per heavy atom. The second-order valence-corrected chi connectivity index (χ2v) is 5.60. The van der Waals surface area contributed by atoms with Crippen LogP contribution in [0.5, 0.6) is 0 Å². The summed E-state index contributed by atoms with van der Waals surface area (Å²) in [4.78, 5) is 10.2. The zero-order valence-corrected chi connectivity index (χ0v) is 13.7. The van der Waals surface area contributed by atoms with Crippen LogP contribution in [0.25, 0.3) is 0 Å². The van der Waals surface area contributed by atoms with E-state index in [9.17, 15) is 0 Å². The van der Waals surface area contributed by atoms with Gasteiger partial charge in [-0.25, -0.2) is 4.98 Å². The predicted octanol–water partition coefficient (Wildman–Crippen LogP) is 1.14. The van der Waals surface area contributed by atoms with E-state index in [1.807, 2.05) is 0 Å².